The van der Waals surface area contributed by atoms with Crippen molar-refractivity contribution in [3.05, 3.63) is 70.8 Å². The molecule has 1 unspecified atom stereocenters. The third kappa shape index (κ3) is 2.83. The third-order valence-corrected chi connectivity index (χ3v) is 5.97. The molecule has 1 saturated carbocycles. The number of allylic oxidation sites excluding steroid dienone is 8. The van der Waals surface area contributed by atoms with Crippen molar-refractivity contribution in [1.29, 1.82) is 0 Å². The lowest BCUT2D eigenvalue weighted by Crippen LogP contribution is -2.14. The zero-order valence-corrected chi connectivity index (χ0v) is 15.0. The molecule has 24 heavy (non-hydrogen) atoms. The van der Waals surface area contributed by atoms with Crippen molar-refractivity contribution in [2.75, 3.05) is 0 Å². The molecule has 0 aromatic heterocycles. The van der Waals surface area contributed by atoms with Crippen LogP contribution in [0.5, 0.6) is 0 Å². The third-order valence-electron chi connectivity index (χ3n) is 5.97. The van der Waals surface area contributed by atoms with Gasteiger partial charge in [-0.15, -0.1) is 0 Å². The highest BCUT2D eigenvalue weighted by Gasteiger charge is 2.27. The molecule has 0 heteroatoms. The molecule has 1 aromatic rings. The summed E-state index contributed by atoms with van der Waals surface area (Å²) in [6, 6.07) is 7.01. The lowest BCUT2D eigenvalue weighted by atomic mass is 9.72. The van der Waals surface area contributed by atoms with E-state index in [0.717, 1.165) is 5.92 Å². The number of benzene rings is 1. The van der Waals surface area contributed by atoms with E-state index < -0.39 is 0 Å². The van der Waals surface area contributed by atoms with Crippen LogP contribution in [0, 0.1) is 5.92 Å². The lowest BCUT2D eigenvalue weighted by molar-refractivity contribution is 0.418. The first-order chi connectivity index (χ1) is 11.7. The van der Waals surface area contributed by atoms with Gasteiger partial charge in [0.25, 0.3) is 0 Å². The van der Waals surface area contributed by atoms with Gasteiger partial charge >= 0.3 is 0 Å². The summed E-state index contributed by atoms with van der Waals surface area (Å²) in [4.78, 5) is 0. The van der Waals surface area contributed by atoms with Gasteiger partial charge in [0.2, 0.25) is 0 Å². The molecule has 1 fully saturated rings. The molecule has 0 amide bonds. The monoisotopic (exact) mass is 316 g/mol. The summed E-state index contributed by atoms with van der Waals surface area (Å²) in [5.74, 6) is 1.44. The van der Waals surface area contributed by atoms with E-state index in [0.29, 0.717) is 5.92 Å². The number of hydrogen-bond acceptors (Lipinski definition) is 0. The predicted octanol–water partition coefficient (Wildman–Crippen LogP) is 7.06. The van der Waals surface area contributed by atoms with Crippen molar-refractivity contribution in [2.24, 2.45) is 5.92 Å². The molecule has 3 aliphatic carbocycles. The van der Waals surface area contributed by atoms with Crippen molar-refractivity contribution < 1.29 is 0 Å². The van der Waals surface area contributed by atoms with Crippen LogP contribution in [0.4, 0.5) is 0 Å². The second-order valence-electron chi connectivity index (χ2n) is 7.73. The minimum atomic E-state index is 0.678. The van der Waals surface area contributed by atoms with Gasteiger partial charge in [0.1, 0.15) is 0 Å². The topological polar surface area (TPSA) is 0 Å². The Balaban J connectivity index is 1.85. The van der Waals surface area contributed by atoms with Crippen molar-refractivity contribution >= 4 is 11.1 Å². The van der Waals surface area contributed by atoms with Crippen molar-refractivity contribution in [3.8, 4) is 0 Å². The Morgan fingerprint density at radius 1 is 1.04 bits per heavy atom. The fourth-order valence-corrected chi connectivity index (χ4v) is 4.28. The van der Waals surface area contributed by atoms with E-state index in [4.69, 9.17) is 0 Å². The summed E-state index contributed by atoms with van der Waals surface area (Å²) < 4.78 is 0. The molecule has 124 valence electrons. The summed E-state index contributed by atoms with van der Waals surface area (Å²) in [5, 5.41) is 0. The second-order valence-corrected chi connectivity index (χ2v) is 7.73. The maximum atomic E-state index is 2.45. The lowest BCUT2D eigenvalue weighted by Gasteiger charge is -2.32. The average molecular weight is 316 g/mol. The second kappa shape index (κ2) is 6.59. The Bertz CT molecular complexity index is 750. The highest BCUT2D eigenvalue weighted by atomic mass is 14.3. The largest absolute Gasteiger partial charge is 0.0839 e. The van der Waals surface area contributed by atoms with Gasteiger partial charge in [-0.3, -0.25) is 0 Å². The average Bonchev–Trinajstić information content (AvgIpc) is 2.55. The maximum Gasteiger partial charge on any atom is -0.0146 e. The van der Waals surface area contributed by atoms with Gasteiger partial charge in [-0.1, -0.05) is 61.9 Å². The fourth-order valence-electron chi connectivity index (χ4n) is 4.28. The van der Waals surface area contributed by atoms with Gasteiger partial charge in [0.15, 0.2) is 0 Å². The molecule has 0 radical (unpaired) electrons. The summed E-state index contributed by atoms with van der Waals surface area (Å²) >= 11 is 0. The molecule has 0 bridgehead atoms. The van der Waals surface area contributed by atoms with Crippen LogP contribution < -0.4 is 0 Å². The molecule has 1 aromatic carbocycles. The van der Waals surface area contributed by atoms with Gasteiger partial charge in [-0.25, -0.2) is 0 Å². The SMILES string of the molecule is CC1=C(c2cccc(C3=CCC(C)C=C3)c2C2CCC2)CCC=C1. The van der Waals surface area contributed by atoms with Crippen molar-refractivity contribution in [2.45, 2.75) is 58.3 Å². The minimum Gasteiger partial charge on any atom is -0.0839 e. The first kappa shape index (κ1) is 15.7. The van der Waals surface area contributed by atoms with Gasteiger partial charge < -0.3 is 0 Å². The summed E-state index contributed by atoms with van der Waals surface area (Å²) in [7, 11) is 0. The van der Waals surface area contributed by atoms with Crippen LogP contribution in [0.3, 0.4) is 0 Å². The molecule has 0 heterocycles. The Kier molecular flexibility index (Phi) is 4.31. The van der Waals surface area contributed by atoms with Crippen LogP contribution in [0.2, 0.25) is 0 Å². The van der Waals surface area contributed by atoms with Crippen LogP contribution >= 0.6 is 0 Å². The van der Waals surface area contributed by atoms with Crippen LogP contribution in [-0.4, -0.2) is 0 Å². The number of rotatable bonds is 3. The Hall–Kier alpha value is -1.82. The summed E-state index contributed by atoms with van der Waals surface area (Å²) in [6.07, 6.45) is 19.5. The van der Waals surface area contributed by atoms with Crippen molar-refractivity contribution in [3.63, 3.8) is 0 Å². The first-order valence-corrected chi connectivity index (χ1v) is 9.62. The molecule has 0 spiro atoms. The van der Waals surface area contributed by atoms with E-state index in [1.54, 1.807) is 11.1 Å². The summed E-state index contributed by atoms with van der Waals surface area (Å²) in [6.45, 7) is 4.58. The van der Waals surface area contributed by atoms with Gasteiger partial charge in [0, 0.05) is 0 Å². The van der Waals surface area contributed by atoms with Crippen molar-refractivity contribution in [1.82, 2.24) is 0 Å². The highest BCUT2D eigenvalue weighted by molar-refractivity contribution is 5.83. The van der Waals surface area contributed by atoms with E-state index >= 15 is 0 Å². The standard InChI is InChI=1S/C24H28/c1-17-13-15-19(16-14-17)22-11-6-12-23(24(22)20-8-5-9-20)21-10-4-3-7-18(21)2/h3,6-7,11-13,15-17,20H,4-5,8-10,14H2,1-2H3. The molecule has 0 aliphatic heterocycles. The highest BCUT2D eigenvalue weighted by Crippen LogP contribution is 2.45. The molecular formula is C24H28. The van der Waals surface area contributed by atoms with Gasteiger partial charge in [-0.2, -0.15) is 0 Å². The number of hydrogen-bond donors (Lipinski definition) is 0. The van der Waals surface area contributed by atoms with Gasteiger partial charge in [-0.05, 0) is 84.3 Å². The van der Waals surface area contributed by atoms with E-state index in [1.807, 2.05) is 0 Å². The van der Waals surface area contributed by atoms with E-state index in [9.17, 15) is 0 Å². The van der Waals surface area contributed by atoms with Crippen LogP contribution in [0.1, 0.15) is 75.0 Å². The zero-order valence-electron chi connectivity index (χ0n) is 15.0. The smallest absolute Gasteiger partial charge is 0.0146 e. The molecular weight excluding hydrogens is 288 g/mol. The predicted molar refractivity (Wildman–Crippen MR) is 105 cm³/mol. The first-order valence-electron chi connectivity index (χ1n) is 9.62. The molecule has 4 rings (SSSR count). The van der Waals surface area contributed by atoms with Crippen LogP contribution in [0.15, 0.2) is 54.2 Å². The van der Waals surface area contributed by atoms with Crippen LogP contribution in [-0.2, 0) is 0 Å². The molecule has 0 saturated heterocycles. The summed E-state index contributed by atoms with van der Waals surface area (Å²) in [5.41, 5.74) is 9.15. The molecule has 0 nitrogen and oxygen atoms in total. The Labute approximate surface area is 146 Å². The minimum absolute atomic E-state index is 0.678. The molecule has 3 aliphatic rings. The molecule has 0 N–H and O–H groups in total. The van der Waals surface area contributed by atoms with E-state index in [-0.39, 0.29) is 0 Å². The Morgan fingerprint density at radius 2 is 1.88 bits per heavy atom. The van der Waals surface area contributed by atoms with Crippen LogP contribution in [0.25, 0.3) is 11.1 Å². The normalized spacial score (nSPS) is 24.1. The zero-order chi connectivity index (χ0) is 16.5. The molecule has 1 atom stereocenters. The quantitative estimate of drug-likeness (QED) is 0.560. The van der Waals surface area contributed by atoms with E-state index in [2.05, 4.69) is 62.4 Å². The van der Waals surface area contributed by atoms with Gasteiger partial charge in [0.05, 0.1) is 0 Å². The van der Waals surface area contributed by atoms with E-state index in [1.165, 1.54) is 60.8 Å². The maximum absolute atomic E-state index is 2.45. The fraction of sp³-hybridized carbons (Fsp3) is 0.417. The Morgan fingerprint density at radius 3 is 2.54 bits per heavy atom.